The first kappa shape index (κ1) is 38.4. The average Bonchev–Trinajstić information content (AvgIpc) is 3.76. The van der Waals surface area contributed by atoms with Crippen molar-refractivity contribution in [1.29, 1.82) is 0 Å². The van der Waals surface area contributed by atoms with Crippen molar-refractivity contribution < 1.29 is 30.0 Å². The molecule has 6 rings (SSSR count). The number of hydrogen-bond acceptors (Lipinski definition) is 10. The number of carboxylic acids is 2. The minimum Gasteiger partial charge on any atom is -0.480 e. The minimum atomic E-state index is -1.19. The van der Waals surface area contributed by atoms with E-state index in [9.17, 15) is 39.6 Å². The normalized spacial score (nSPS) is 12.8. The van der Waals surface area contributed by atoms with Gasteiger partial charge in [-0.15, -0.1) is 0 Å². The van der Waals surface area contributed by atoms with Crippen LogP contribution in [0.4, 0.5) is 0 Å². The fraction of sp³-hybridized carbons (Fsp3) is 0.278. The predicted molar refractivity (Wildman–Crippen MR) is 201 cm³/mol. The molecular formula is C36H36Cl2N8O8. The number of nitrogens with zero attached hydrogens (tertiary/aromatic N) is 6. The Balaban J connectivity index is 1.30. The zero-order valence-corrected chi connectivity index (χ0v) is 30.5. The SMILES string of the molecule is Cc1cn2nc(-c3cccc(-c4cccc(-c5cc6c(=O)n(CCN[C@H](CO)C(=O)O)c(C)cn6n5)c4Cl)c3Cl)cc2c(=O)n1CCN[C@H](CO)C(=O)O. The lowest BCUT2D eigenvalue weighted by Crippen LogP contribution is -2.42. The van der Waals surface area contributed by atoms with Crippen molar-refractivity contribution in [1.82, 2.24) is 39.0 Å². The summed E-state index contributed by atoms with van der Waals surface area (Å²) in [6.45, 7) is 2.90. The molecule has 0 saturated carbocycles. The van der Waals surface area contributed by atoms with Gasteiger partial charge < -0.3 is 40.2 Å². The molecule has 16 nitrogen and oxygen atoms in total. The molecule has 0 radical (unpaired) electrons. The maximum absolute atomic E-state index is 13.5. The molecular weight excluding hydrogens is 743 g/mol. The van der Waals surface area contributed by atoms with Gasteiger partial charge in [-0.25, -0.2) is 9.03 Å². The van der Waals surface area contributed by atoms with Gasteiger partial charge in [0.1, 0.15) is 23.1 Å². The lowest BCUT2D eigenvalue weighted by molar-refractivity contribution is -0.141. The lowest BCUT2D eigenvalue weighted by atomic mass is 9.98. The number of fused-ring (bicyclic) bond motifs is 2. The van der Waals surface area contributed by atoms with E-state index in [0.717, 1.165) is 0 Å². The number of carbonyl (C=O) groups is 2. The Morgan fingerprint density at radius 3 is 1.41 bits per heavy atom. The van der Waals surface area contributed by atoms with Gasteiger partial charge in [-0.05, 0) is 26.0 Å². The van der Waals surface area contributed by atoms with Crippen LogP contribution in [-0.4, -0.2) is 99.1 Å². The van der Waals surface area contributed by atoms with Crippen LogP contribution in [0.5, 0.6) is 0 Å². The van der Waals surface area contributed by atoms with Gasteiger partial charge in [-0.1, -0.05) is 59.6 Å². The number of benzene rings is 2. The maximum Gasteiger partial charge on any atom is 0.323 e. The predicted octanol–water partition coefficient (Wildman–Crippen LogP) is 2.30. The van der Waals surface area contributed by atoms with Crippen LogP contribution >= 0.6 is 23.2 Å². The molecule has 0 bridgehead atoms. The van der Waals surface area contributed by atoms with Crippen molar-refractivity contribution in [2.75, 3.05) is 26.3 Å². The first-order valence-electron chi connectivity index (χ1n) is 16.8. The highest BCUT2D eigenvalue weighted by Crippen LogP contribution is 2.42. The molecule has 0 fully saturated rings. The van der Waals surface area contributed by atoms with E-state index < -0.39 is 37.2 Å². The van der Waals surface area contributed by atoms with Gasteiger partial charge in [-0.2, -0.15) is 10.2 Å². The van der Waals surface area contributed by atoms with E-state index in [1.807, 2.05) is 0 Å². The van der Waals surface area contributed by atoms with Crippen LogP contribution in [0.2, 0.25) is 10.0 Å². The Bertz CT molecular complexity index is 2350. The van der Waals surface area contributed by atoms with E-state index in [1.165, 1.54) is 18.2 Å². The summed E-state index contributed by atoms with van der Waals surface area (Å²) < 4.78 is 5.93. The molecule has 2 atom stereocenters. The van der Waals surface area contributed by atoms with Gasteiger partial charge in [-0.3, -0.25) is 19.2 Å². The highest BCUT2D eigenvalue weighted by Gasteiger charge is 2.21. The first-order valence-corrected chi connectivity index (χ1v) is 17.5. The number of nitrogens with one attached hydrogen (secondary N) is 2. The molecule has 18 heteroatoms. The zero-order chi connectivity index (χ0) is 38.8. The smallest absolute Gasteiger partial charge is 0.323 e. The summed E-state index contributed by atoms with van der Waals surface area (Å²) in [6, 6.07) is 11.7. The summed E-state index contributed by atoms with van der Waals surface area (Å²) >= 11 is 14.1. The van der Waals surface area contributed by atoms with Crippen LogP contribution in [0.1, 0.15) is 11.4 Å². The molecule has 0 aliphatic heterocycles. The molecule has 2 aromatic carbocycles. The monoisotopic (exact) mass is 778 g/mol. The van der Waals surface area contributed by atoms with Crippen LogP contribution in [0, 0.1) is 13.8 Å². The van der Waals surface area contributed by atoms with Gasteiger partial charge >= 0.3 is 11.9 Å². The standard InChI is InChI=1S/C36H36Cl2N8O8/c1-19-15-45-29(33(49)43(19)11-9-39-27(17-47)35(51)52)13-25(41-45)23-7-3-5-21(31(23)37)22-6-4-8-24(32(22)38)26-14-30-34(50)44(20(2)16-46(30)42-26)12-10-40-28(18-48)36(53)54/h3-8,13-16,27-28,39-40,47-48H,9-12,17-18H2,1-2H3,(H,51,52)(H,53,54)/t27-,28-/m1/s1. The van der Waals surface area contributed by atoms with Crippen molar-refractivity contribution in [3.8, 4) is 33.6 Å². The van der Waals surface area contributed by atoms with Gasteiger partial charge in [0.15, 0.2) is 0 Å². The van der Waals surface area contributed by atoms with Crippen molar-refractivity contribution in [2.24, 2.45) is 0 Å². The van der Waals surface area contributed by atoms with Crippen molar-refractivity contribution in [3.05, 3.63) is 103 Å². The maximum atomic E-state index is 13.5. The molecule has 0 aliphatic carbocycles. The number of carboxylic acid groups (broad SMARTS) is 2. The number of aliphatic carboxylic acids is 2. The van der Waals surface area contributed by atoms with E-state index in [-0.39, 0.29) is 48.3 Å². The quantitative estimate of drug-likeness (QED) is 0.0886. The number of rotatable bonds is 15. The molecule has 6 N–H and O–H groups in total. The zero-order valence-electron chi connectivity index (χ0n) is 29.0. The van der Waals surface area contributed by atoms with Crippen molar-refractivity contribution in [3.63, 3.8) is 0 Å². The summed E-state index contributed by atoms with van der Waals surface area (Å²) in [5.74, 6) is -2.39. The van der Waals surface area contributed by atoms with Crippen molar-refractivity contribution >= 4 is 46.2 Å². The Kier molecular flexibility index (Phi) is 11.3. The van der Waals surface area contributed by atoms with Crippen LogP contribution in [-0.2, 0) is 22.7 Å². The van der Waals surface area contributed by atoms with E-state index in [0.29, 0.717) is 55.1 Å². The number of halogens is 2. The molecule has 0 unspecified atom stereocenters. The van der Waals surface area contributed by atoms with E-state index >= 15 is 0 Å². The molecule has 6 aromatic rings. The van der Waals surface area contributed by atoms with Gasteiger partial charge in [0.2, 0.25) is 0 Å². The fourth-order valence-electron chi connectivity index (χ4n) is 6.25. The second-order valence-corrected chi connectivity index (χ2v) is 13.3. The second-order valence-electron chi connectivity index (χ2n) is 12.6. The second kappa shape index (κ2) is 15.9. The summed E-state index contributed by atoms with van der Waals surface area (Å²) in [7, 11) is 0. The van der Waals surface area contributed by atoms with Gasteiger partial charge in [0, 0.05) is 72.2 Å². The average molecular weight is 780 g/mol. The molecule has 54 heavy (non-hydrogen) atoms. The van der Waals surface area contributed by atoms with Crippen LogP contribution in [0.25, 0.3) is 44.7 Å². The Labute approximate surface area is 316 Å². The molecule has 282 valence electrons. The van der Waals surface area contributed by atoms with Crippen LogP contribution in [0.3, 0.4) is 0 Å². The highest BCUT2D eigenvalue weighted by molar-refractivity contribution is 6.39. The van der Waals surface area contributed by atoms with Gasteiger partial charge in [0.25, 0.3) is 11.1 Å². The summed E-state index contributed by atoms with van der Waals surface area (Å²) in [5, 5.41) is 52.3. The highest BCUT2D eigenvalue weighted by atomic mass is 35.5. The Morgan fingerprint density at radius 2 is 1.06 bits per heavy atom. The third-order valence-corrected chi connectivity index (χ3v) is 9.94. The topological polar surface area (TPSA) is 218 Å². The largest absolute Gasteiger partial charge is 0.480 e. The Hall–Kier alpha value is -5.36. The summed E-state index contributed by atoms with van der Waals surface area (Å²) in [4.78, 5) is 49.4. The number of aliphatic hydroxyl groups excluding tert-OH is 2. The van der Waals surface area contributed by atoms with E-state index in [4.69, 9.17) is 23.2 Å². The first-order chi connectivity index (χ1) is 25.8. The number of aryl methyl sites for hydroxylation is 2. The van der Waals surface area contributed by atoms with Crippen LogP contribution in [0.15, 0.2) is 70.5 Å². The summed E-state index contributed by atoms with van der Waals surface area (Å²) in [5.41, 5.74) is 4.20. The minimum absolute atomic E-state index is 0.135. The lowest BCUT2D eigenvalue weighted by Gasteiger charge is -2.14. The molecule has 0 amide bonds. The molecule has 0 saturated heterocycles. The molecule has 0 spiro atoms. The number of aliphatic hydroxyl groups is 2. The molecule has 0 aliphatic rings. The third-order valence-electron chi connectivity index (χ3n) is 9.12. The van der Waals surface area contributed by atoms with E-state index in [2.05, 4.69) is 20.8 Å². The van der Waals surface area contributed by atoms with E-state index in [1.54, 1.807) is 74.8 Å². The number of hydrogen-bond donors (Lipinski definition) is 6. The summed E-state index contributed by atoms with van der Waals surface area (Å²) in [6.07, 6.45) is 3.38. The Morgan fingerprint density at radius 1 is 0.685 bits per heavy atom. The third kappa shape index (κ3) is 7.39. The molecule has 4 heterocycles. The fourth-order valence-corrected chi connectivity index (χ4v) is 6.90. The van der Waals surface area contributed by atoms with Crippen molar-refractivity contribution in [2.45, 2.75) is 39.0 Å². The van der Waals surface area contributed by atoms with Gasteiger partial charge in [0.05, 0.1) is 34.6 Å². The molecule has 4 aromatic heterocycles. The van der Waals surface area contributed by atoms with Crippen LogP contribution < -0.4 is 21.8 Å². The number of aromatic nitrogens is 6.